The van der Waals surface area contributed by atoms with Gasteiger partial charge in [-0.05, 0) is 43.2 Å². The molecule has 4 aromatic rings. The summed E-state index contributed by atoms with van der Waals surface area (Å²) in [5.41, 5.74) is 22.5. The summed E-state index contributed by atoms with van der Waals surface area (Å²) in [5.74, 6) is 1.48. The van der Waals surface area contributed by atoms with Crippen molar-refractivity contribution >= 4 is 45.0 Å². The molecule has 0 fully saturated rings. The highest BCUT2D eigenvalue weighted by Gasteiger charge is 2.17. The van der Waals surface area contributed by atoms with Crippen LogP contribution in [0, 0.1) is 0 Å². The Kier molecular flexibility index (Phi) is 5.70. The van der Waals surface area contributed by atoms with Gasteiger partial charge in [0.2, 0.25) is 0 Å². The number of Topliss-reactive ketones (excluding diaryl/α,β-unsaturated/α-hetero) is 1. The summed E-state index contributed by atoms with van der Waals surface area (Å²) in [6.45, 7) is 2.87. The van der Waals surface area contributed by atoms with Gasteiger partial charge in [-0.1, -0.05) is 13.3 Å². The number of unbranched alkanes of at least 4 members (excludes halogenated alkanes) is 2. The van der Waals surface area contributed by atoms with Crippen molar-refractivity contribution in [2.75, 3.05) is 17.2 Å². The van der Waals surface area contributed by atoms with E-state index in [-0.39, 0.29) is 5.78 Å². The van der Waals surface area contributed by atoms with Crippen LogP contribution in [0.5, 0.6) is 0 Å². The number of pyridine rings is 2. The largest absolute Gasteiger partial charge is 0.397 e. The molecule has 0 aliphatic rings. The Labute approximate surface area is 180 Å². The van der Waals surface area contributed by atoms with Crippen LogP contribution in [0.2, 0.25) is 0 Å². The van der Waals surface area contributed by atoms with Crippen LogP contribution in [0.4, 0.5) is 17.2 Å². The van der Waals surface area contributed by atoms with E-state index < -0.39 is 0 Å². The highest BCUT2D eigenvalue weighted by Crippen LogP contribution is 2.28. The summed E-state index contributed by atoms with van der Waals surface area (Å²) in [7, 11) is 0. The first-order chi connectivity index (χ1) is 15.0. The monoisotopic (exact) mass is 417 g/mol. The number of nitrogens with two attached hydrogens (primary N) is 3. The number of anilines is 3. The maximum Gasteiger partial charge on any atom is 0.162 e. The second-order valence-corrected chi connectivity index (χ2v) is 7.68. The lowest BCUT2D eigenvalue weighted by molar-refractivity contribution is 0.0979. The SMILES string of the molecule is CCc1nc2c(N)nc3cccnc3c2n1CCCCCC(=O)c1ccc(N)c(N)c1. The summed E-state index contributed by atoms with van der Waals surface area (Å²) in [4.78, 5) is 26.1. The summed E-state index contributed by atoms with van der Waals surface area (Å²) in [6.07, 6.45) is 5.69. The fraction of sp³-hybridized carbons (Fsp3) is 0.304. The predicted octanol–water partition coefficient (Wildman–Crippen LogP) is 3.73. The summed E-state index contributed by atoms with van der Waals surface area (Å²) in [6, 6.07) is 8.83. The van der Waals surface area contributed by atoms with Gasteiger partial charge in [-0.15, -0.1) is 0 Å². The van der Waals surface area contributed by atoms with E-state index >= 15 is 0 Å². The normalized spacial score (nSPS) is 11.4. The lowest BCUT2D eigenvalue weighted by Crippen LogP contribution is -2.05. The number of imidazole rings is 1. The van der Waals surface area contributed by atoms with Gasteiger partial charge >= 0.3 is 0 Å². The van der Waals surface area contributed by atoms with Gasteiger partial charge in [-0.25, -0.2) is 9.97 Å². The van der Waals surface area contributed by atoms with Crippen LogP contribution in [0.25, 0.3) is 22.1 Å². The highest BCUT2D eigenvalue weighted by molar-refractivity contribution is 6.04. The van der Waals surface area contributed by atoms with E-state index in [1.165, 1.54) is 0 Å². The standard InChI is InChI=1S/C23H27N7O/c1-2-19-29-21-22(20-17(28-23(21)26)7-6-11-27-20)30(19)12-5-3-4-8-18(31)14-9-10-15(24)16(25)13-14/h6-7,9-11,13H,2-5,8,12,24-25H2,1H3,(H2,26,28). The Bertz CT molecular complexity index is 1260. The average molecular weight is 418 g/mol. The van der Waals surface area contributed by atoms with Crippen molar-refractivity contribution in [2.24, 2.45) is 0 Å². The number of fused-ring (bicyclic) bond motifs is 3. The van der Waals surface area contributed by atoms with Crippen molar-refractivity contribution in [3.63, 3.8) is 0 Å². The minimum absolute atomic E-state index is 0.0862. The molecule has 8 heteroatoms. The first-order valence-corrected chi connectivity index (χ1v) is 10.6. The smallest absolute Gasteiger partial charge is 0.162 e. The van der Waals surface area contributed by atoms with Gasteiger partial charge in [0.1, 0.15) is 22.4 Å². The number of hydrogen-bond donors (Lipinski definition) is 3. The molecule has 0 atom stereocenters. The molecule has 0 radical (unpaired) electrons. The quantitative estimate of drug-likeness (QED) is 0.225. The second-order valence-electron chi connectivity index (χ2n) is 7.68. The zero-order valence-electron chi connectivity index (χ0n) is 17.6. The molecule has 31 heavy (non-hydrogen) atoms. The van der Waals surface area contributed by atoms with E-state index in [9.17, 15) is 4.79 Å². The van der Waals surface area contributed by atoms with Crippen LogP contribution in [0.3, 0.4) is 0 Å². The fourth-order valence-electron chi connectivity index (χ4n) is 3.91. The third-order valence-electron chi connectivity index (χ3n) is 5.55. The highest BCUT2D eigenvalue weighted by atomic mass is 16.1. The van der Waals surface area contributed by atoms with Crippen LogP contribution < -0.4 is 17.2 Å². The van der Waals surface area contributed by atoms with Crippen molar-refractivity contribution in [3.8, 4) is 0 Å². The lowest BCUT2D eigenvalue weighted by Gasteiger charge is -2.10. The number of carbonyl (C=O) groups excluding carboxylic acids is 1. The molecule has 8 nitrogen and oxygen atoms in total. The van der Waals surface area contributed by atoms with Gasteiger partial charge in [0.05, 0.1) is 16.9 Å². The molecule has 0 unspecified atom stereocenters. The van der Waals surface area contributed by atoms with Crippen LogP contribution in [0.15, 0.2) is 36.5 Å². The lowest BCUT2D eigenvalue weighted by atomic mass is 10.0. The van der Waals surface area contributed by atoms with Gasteiger partial charge in [-0.2, -0.15) is 0 Å². The molecule has 0 spiro atoms. The number of benzene rings is 1. The molecule has 0 saturated carbocycles. The summed E-state index contributed by atoms with van der Waals surface area (Å²) < 4.78 is 2.20. The molecule has 0 aliphatic heterocycles. The van der Waals surface area contributed by atoms with Crippen LogP contribution in [-0.2, 0) is 13.0 Å². The number of hydrogen-bond acceptors (Lipinski definition) is 7. The van der Waals surface area contributed by atoms with Crippen molar-refractivity contribution in [2.45, 2.75) is 45.6 Å². The first-order valence-electron chi connectivity index (χ1n) is 10.6. The van der Waals surface area contributed by atoms with Gasteiger partial charge in [0.15, 0.2) is 11.6 Å². The Morgan fingerprint density at radius 1 is 1.00 bits per heavy atom. The van der Waals surface area contributed by atoms with Crippen molar-refractivity contribution in [1.82, 2.24) is 19.5 Å². The molecule has 0 amide bonds. The van der Waals surface area contributed by atoms with E-state index in [1.807, 2.05) is 12.1 Å². The minimum Gasteiger partial charge on any atom is -0.397 e. The number of nitrogen functional groups attached to an aromatic ring is 3. The van der Waals surface area contributed by atoms with Gasteiger partial charge in [0, 0.05) is 31.1 Å². The van der Waals surface area contributed by atoms with Crippen LogP contribution >= 0.6 is 0 Å². The molecule has 160 valence electrons. The molecule has 1 aromatic carbocycles. The second kappa shape index (κ2) is 8.59. The number of carbonyl (C=O) groups is 1. The topological polar surface area (TPSA) is 139 Å². The van der Waals surface area contributed by atoms with Crippen molar-refractivity contribution in [1.29, 1.82) is 0 Å². The third-order valence-corrected chi connectivity index (χ3v) is 5.55. The maximum atomic E-state index is 12.4. The summed E-state index contributed by atoms with van der Waals surface area (Å²) >= 11 is 0. The number of aryl methyl sites for hydroxylation is 2. The van der Waals surface area contributed by atoms with E-state index in [0.29, 0.717) is 34.7 Å². The molecule has 3 heterocycles. The molecule has 0 bridgehead atoms. The van der Waals surface area contributed by atoms with Crippen LogP contribution in [0.1, 0.15) is 48.8 Å². The van der Waals surface area contributed by atoms with Gasteiger partial charge in [0.25, 0.3) is 0 Å². The van der Waals surface area contributed by atoms with Crippen LogP contribution in [-0.4, -0.2) is 25.3 Å². The van der Waals surface area contributed by atoms with Crippen molar-refractivity contribution in [3.05, 3.63) is 47.9 Å². The Hall–Kier alpha value is -3.68. The average Bonchev–Trinajstić information content (AvgIpc) is 3.15. The number of rotatable bonds is 8. The molecule has 0 saturated heterocycles. The zero-order valence-corrected chi connectivity index (χ0v) is 17.6. The number of ketones is 1. The molecule has 4 rings (SSSR count). The maximum absolute atomic E-state index is 12.4. The zero-order chi connectivity index (χ0) is 22.0. The Morgan fingerprint density at radius 3 is 2.61 bits per heavy atom. The molecule has 6 N–H and O–H groups in total. The van der Waals surface area contributed by atoms with E-state index in [0.717, 1.165) is 54.6 Å². The predicted molar refractivity (Wildman–Crippen MR) is 125 cm³/mol. The molecule has 3 aromatic heterocycles. The fourth-order valence-corrected chi connectivity index (χ4v) is 3.91. The van der Waals surface area contributed by atoms with Gasteiger partial charge in [-0.3, -0.25) is 9.78 Å². The molecule has 0 aliphatic carbocycles. The molecular weight excluding hydrogens is 390 g/mol. The van der Waals surface area contributed by atoms with E-state index in [2.05, 4.69) is 21.5 Å². The van der Waals surface area contributed by atoms with Crippen molar-refractivity contribution < 1.29 is 4.79 Å². The van der Waals surface area contributed by atoms with E-state index in [4.69, 9.17) is 22.2 Å². The number of aromatic nitrogens is 4. The molecular formula is C23H27N7O. The summed E-state index contributed by atoms with van der Waals surface area (Å²) in [5, 5.41) is 0. The minimum atomic E-state index is 0.0862. The third kappa shape index (κ3) is 4.01. The Morgan fingerprint density at radius 2 is 1.84 bits per heavy atom. The number of nitrogens with zero attached hydrogens (tertiary/aromatic N) is 4. The first kappa shape index (κ1) is 20.6. The van der Waals surface area contributed by atoms with Gasteiger partial charge < -0.3 is 21.8 Å². The Balaban J connectivity index is 1.45. The van der Waals surface area contributed by atoms with E-state index in [1.54, 1.807) is 24.4 Å².